The molecular weight excluding hydrogens is 380 g/mol. The molecule has 160 valence electrons. The van der Waals surface area contributed by atoms with E-state index in [1.54, 1.807) is 32.4 Å². The van der Waals surface area contributed by atoms with Crippen LogP contribution in [0.25, 0.3) is 22.4 Å². The first-order chi connectivity index (χ1) is 14.5. The monoisotopic (exact) mass is 410 g/mol. The number of ether oxygens (including phenoxy) is 2. The van der Waals surface area contributed by atoms with Gasteiger partial charge < -0.3 is 19.2 Å². The van der Waals surface area contributed by atoms with Crippen molar-refractivity contribution in [1.29, 1.82) is 0 Å². The van der Waals surface area contributed by atoms with Crippen LogP contribution in [0.2, 0.25) is 0 Å². The number of pyridine rings is 1. The first-order valence-electron chi connectivity index (χ1n) is 10.4. The number of fused-ring (bicyclic) bond motifs is 1. The maximum atomic E-state index is 13.2. The average Bonchev–Trinajstić information content (AvgIpc) is 3.18. The van der Waals surface area contributed by atoms with Crippen LogP contribution in [0.4, 0.5) is 0 Å². The van der Waals surface area contributed by atoms with E-state index in [-0.39, 0.29) is 11.9 Å². The largest absolute Gasteiger partial charge is 0.493 e. The van der Waals surface area contributed by atoms with Gasteiger partial charge in [0.2, 0.25) is 0 Å². The van der Waals surface area contributed by atoms with E-state index in [0.717, 1.165) is 31.4 Å². The van der Waals surface area contributed by atoms with Crippen molar-refractivity contribution in [2.24, 2.45) is 0 Å². The standard InChI is InChI=1S/C24H30N2O4/c1-6-7-8-9-15(2)25-24(27)18-12-20(21-11-10-16(3)30-21)26-19-14-23(29-5)22(28-4)13-17(18)19/h10-15H,6-9H2,1-5H3,(H,25,27)/t15-/m0/s1. The maximum absolute atomic E-state index is 13.2. The molecule has 1 aromatic carbocycles. The Balaban J connectivity index is 2.06. The van der Waals surface area contributed by atoms with E-state index in [1.165, 1.54) is 0 Å². The van der Waals surface area contributed by atoms with E-state index in [4.69, 9.17) is 18.9 Å². The number of amides is 1. The predicted octanol–water partition coefficient (Wildman–Crippen LogP) is 5.52. The third kappa shape index (κ3) is 4.75. The molecule has 2 heterocycles. The SMILES string of the molecule is CCCCC[C@H](C)NC(=O)c1cc(-c2ccc(C)o2)nc2cc(OC)c(OC)cc12. The van der Waals surface area contributed by atoms with Crippen LogP contribution in [0.1, 0.15) is 55.6 Å². The Bertz CT molecular complexity index is 1030. The van der Waals surface area contributed by atoms with Gasteiger partial charge in [0.15, 0.2) is 17.3 Å². The first-order valence-corrected chi connectivity index (χ1v) is 10.4. The number of rotatable bonds is 9. The van der Waals surface area contributed by atoms with Crippen LogP contribution in [-0.2, 0) is 0 Å². The van der Waals surface area contributed by atoms with Crippen molar-refractivity contribution < 1.29 is 18.7 Å². The highest BCUT2D eigenvalue weighted by Crippen LogP contribution is 2.35. The molecule has 0 radical (unpaired) electrons. The molecule has 0 saturated heterocycles. The number of hydrogen-bond acceptors (Lipinski definition) is 5. The van der Waals surface area contributed by atoms with Crippen LogP contribution >= 0.6 is 0 Å². The molecule has 2 aromatic heterocycles. The van der Waals surface area contributed by atoms with Crippen LogP contribution < -0.4 is 14.8 Å². The summed E-state index contributed by atoms with van der Waals surface area (Å²) >= 11 is 0. The predicted molar refractivity (Wildman–Crippen MR) is 118 cm³/mol. The zero-order valence-electron chi connectivity index (χ0n) is 18.4. The van der Waals surface area contributed by atoms with Crippen LogP contribution in [0, 0.1) is 6.92 Å². The lowest BCUT2D eigenvalue weighted by Gasteiger charge is -2.16. The highest BCUT2D eigenvalue weighted by Gasteiger charge is 2.19. The Morgan fingerprint density at radius 1 is 1.13 bits per heavy atom. The lowest BCUT2D eigenvalue weighted by atomic mass is 10.0. The fourth-order valence-electron chi connectivity index (χ4n) is 3.51. The lowest BCUT2D eigenvalue weighted by Crippen LogP contribution is -2.32. The fraction of sp³-hybridized carbons (Fsp3) is 0.417. The Labute approximate surface area is 177 Å². The molecule has 0 bridgehead atoms. The number of nitrogens with zero attached hydrogens (tertiary/aromatic N) is 1. The van der Waals surface area contributed by atoms with Crippen molar-refractivity contribution in [3.8, 4) is 23.0 Å². The van der Waals surface area contributed by atoms with Crippen LogP contribution in [0.15, 0.2) is 34.7 Å². The van der Waals surface area contributed by atoms with Gasteiger partial charge in [0.05, 0.1) is 25.3 Å². The van der Waals surface area contributed by atoms with E-state index < -0.39 is 0 Å². The van der Waals surface area contributed by atoms with Gasteiger partial charge in [-0.05, 0) is 44.5 Å². The highest BCUT2D eigenvalue weighted by molar-refractivity contribution is 6.08. The average molecular weight is 411 g/mol. The van der Waals surface area contributed by atoms with E-state index in [2.05, 4.69) is 12.2 Å². The molecule has 6 heteroatoms. The van der Waals surface area contributed by atoms with Crippen molar-refractivity contribution in [3.63, 3.8) is 0 Å². The summed E-state index contributed by atoms with van der Waals surface area (Å²) in [5, 5.41) is 3.83. The number of aryl methyl sites for hydroxylation is 1. The third-order valence-corrected chi connectivity index (χ3v) is 5.17. The Morgan fingerprint density at radius 2 is 1.87 bits per heavy atom. The first kappa shape index (κ1) is 21.7. The molecule has 1 atom stereocenters. The molecule has 0 unspecified atom stereocenters. The number of nitrogens with one attached hydrogen (secondary N) is 1. The summed E-state index contributed by atoms with van der Waals surface area (Å²) in [6.07, 6.45) is 4.36. The van der Waals surface area contributed by atoms with Gasteiger partial charge in [-0.1, -0.05) is 26.2 Å². The second-order valence-electron chi connectivity index (χ2n) is 7.56. The molecule has 6 nitrogen and oxygen atoms in total. The molecule has 0 aliphatic carbocycles. The number of aromatic nitrogens is 1. The fourth-order valence-corrected chi connectivity index (χ4v) is 3.51. The van der Waals surface area contributed by atoms with Crippen molar-refractivity contribution in [2.75, 3.05) is 14.2 Å². The van der Waals surface area contributed by atoms with Gasteiger partial charge in [0.1, 0.15) is 11.5 Å². The number of unbranched alkanes of at least 4 members (excludes halogenated alkanes) is 2. The van der Waals surface area contributed by atoms with Crippen molar-refractivity contribution in [3.05, 3.63) is 41.7 Å². The minimum atomic E-state index is -0.136. The molecular formula is C24H30N2O4. The number of methoxy groups -OCH3 is 2. The second-order valence-corrected chi connectivity index (χ2v) is 7.56. The summed E-state index contributed by atoms with van der Waals surface area (Å²) in [7, 11) is 3.15. The van der Waals surface area contributed by atoms with Gasteiger partial charge in [0.25, 0.3) is 5.91 Å². The third-order valence-electron chi connectivity index (χ3n) is 5.17. The topological polar surface area (TPSA) is 73.6 Å². The van der Waals surface area contributed by atoms with Crippen molar-refractivity contribution in [2.45, 2.75) is 52.5 Å². The Kier molecular flexibility index (Phi) is 6.98. The van der Waals surface area contributed by atoms with Crippen LogP contribution in [0.5, 0.6) is 11.5 Å². The molecule has 0 spiro atoms. The summed E-state index contributed by atoms with van der Waals surface area (Å²) in [6, 6.07) is 9.19. The normalized spacial score (nSPS) is 12.0. The number of hydrogen-bond donors (Lipinski definition) is 1. The molecule has 1 amide bonds. The molecule has 0 aliphatic rings. The zero-order valence-corrected chi connectivity index (χ0v) is 18.4. The minimum absolute atomic E-state index is 0.0849. The highest BCUT2D eigenvalue weighted by atomic mass is 16.5. The lowest BCUT2D eigenvalue weighted by molar-refractivity contribution is 0.0939. The number of benzene rings is 1. The number of carbonyl (C=O) groups is 1. The van der Waals surface area contributed by atoms with E-state index in [1.807, 2.05) is 26.0 Å². The van der Waals surface area contributed by atoms with Crippen LogP contribution in [0.3, 0.4) is 0 Å². The second kappa shape index (κ2) is 9.65. The Morgan fingerprint density at radius 3 is 2.50 bits per heavy atom. The van der Waals surface area contributed by atoms with Crippen molar-refractivity contribution in [1.82, 2.24) is 10.3 Å². The Hall–Kier alpha value is -3.02. The van der Waals surface area contributed by atoms with E-state index in [9.17, 15) is 4.79 Å². The summed E-state index contributed by atoms with van der Waals surface area (Å²) in [5.41, 5.74) is 1.78. The molecule has 1 N–H and O–H groups in total. The van der Waals surface area contributed by atoms with Gasteiger partial charge in [-0.3, -0.25) is 4.79 Å². The molecule has 3 aromatic rings. The number of furan rings is 1. The summed E-state index contributed by atoms with van der Waals surface area (Å²) in [4.78, 5) is 17.9. The summed E-state index contributed by atoms with van der Waals surface area (Å²) < 4.78 is 16.6. The van der Waals surface area contributed by atoms with Gasteiger partial charge in [-0.15, -0.1) is 0 Å². The number of carbonyl (C=O) groups excluding carboxylic acids is 1. The van der Waals surface area contributed by atoms with Crippen molar-refractivity contribution >= 4 is 16.8 Å². The van der Waals surface area contributed by atoms with Crippen LogP contribution in [-0.4, -0.2) is 31.2 Å². The maximum Gasteiger partial charge on any atom is 0.252 e. The molecule has 0 aliphatic heterocycles. The smallest absolute Gasteiger partial charge is 0.252 e. The van der Waals surface area contributed by atoms with Gasteiger partial charge in [0, 0.05) is 17.5 Å². The van der Waals surface area contributed by atoms with Gasteiger partial charge in [-0.2, -0.15) is 0 Å². The summed E-state index contributed by atoms with van der Waals surface area (Å²) in [5.74, 6) is 2.38. The zero-order chi connectivity index (χ0) is 21.7. The van der Waals surface area contributed by atoms with E-state index in [0.29, 0.717) is 39.4 Å². The quantitative estimate of drug-likeness (QED) is 0.470. The molecule has 30 heavy (non-hydrogen) atoms. The van der Waals surface area contributed by atoms with Gasteiger partial charge >= 0.3 is 0 Å². The van der Waals surface area contributed by atoms with E-state index >= 15 is 0 Å². The van der Waals surface area contributed by atoms with Gasteiger partial charge in [-0.25, -0.2) is 4.98 Å². The summed E-state index contributed by atoms with van der Waals surface area (Å²) in [6.45, 7) is 6.09. The molecule has 0 saturated carbocycles. The molecule has 3 rings (SSSR count). The minimum Gasteiger partial charge on any atom is -0.493 e. The molecule has 0 fully saturated rings.